The average molecular weight is 350 g/mol. The number of hydrogen-bond acceptors (Lipinski definition) is 3. The van der Waals surface area contributed by atoms with Gasteiger partial charge in [-0.2, -0.15) is 0 Å². The Hall–Kier alpha value is -1.49. The number of methoxy groups -OCH3 is 1. The van der Waals surface area contributed by atoms with Crippen molar-refractivity contribution in [1.29, 1.82) is 0 Å². The first-order valence-electron chi connectivity index (χ1n) is 7.34. The molecule has 1 aromatic carbocycles. The van der Waals surface area contributed by atoms with Crippen LogP contribution in [-0.2, 0) is 0 Å². The summed E-state index contributed by atoms with van der Waals surface area (Å²) in [6, 6.07) is 6.63. The van der Waals surface area contributed by atoms with Gasteiger partial charge in [-0.25, -0.2) is 4.98 Å². The minimum atomic E-state index is 0.544. The van der Waals surface area contributed by atoms with E-state index in [4.69, 9.17) is 4.74 Å². The number of halogens is 1. The fourth-order valence-corrected chi connectivity index (χ4v) is 3.26. The fourth-order valence-electron chi connectivity index (χ4n) is 2.85. The third-order valence-electron chi connectivity index (χ3n) is 3.93. The Morgan fingerprint density at radius 1 is 1.33 bits per heavy atom. The highest BCUT2D eigenvalue weighted by Gasteiger charge is 2.18. The fraction of sp³-hybridized carbons (Fsp3) is 0.438. The number of hydrogen-bond donors (Lipinski definition) is 1. The van der Waals surface area contributed by atoms with Crippen LogP contribution < -0.4 is 10.1 Å². The maximum Gasteiger partial charge on any atom is 0.207 e. The number of aryl methyl sites for hydroxylation is 1. The Kier molecular flexibility index (Phi) is 4.19. The summed E-state index contributed by atoms with van der Waals surface area (Å²) in [7, 11) is 1.68. The molecule has 0 amide bonds. The van der Waals surface area contributed by atoms with E-state index in [2.05, 4.69) is 43.1 Å². The van der Waals surface area contributed by atoms with Gasteiger partial charge < -0.3 is 10.1 Å². The first-order valence-corrected chi connectivity index (χ1v) is 8.13. The highest BCUT2D eigenvalue weighted by molar-refractivity contribution is 9.10. The van der Waals surface area contributed by atoms with Gasteiger partial charge in [-0.05, 0) is 47.8 Å². The van der Waals surface area contributed by atoms with Crippen molar-refractivity contribution in [2.75, 3.05) is 12.4 Å². The van der Waals surface area contributed by atoms with E-state index in [0.29, 0.717) is 6.04 Å². The Bertz CT molecular complexity index is 632. The van der Waals surface area contributed by atoms with E-state index in [1.165, 1.54) is 25.7 Å². The van der Waals surface area contributed by atoms with E-state index in [0.717, 1.165) is 27.6 Å². The second-order valence-corrected chi connectivity index (χ2v) is 6.37. The predicted octanol–water partition coefficient (Wildman–Crippen LogP) is 4.31. The lowest BCUT2D eigenvalue weighted by Crippen LogP contribution is -2.17. The molecule has 1 saturated carbocycles. The van der Waals surface area contributed by atoms with E-state index in [9.17, 15) is 0 Å². The maximum absolute atomic E-state index is 5.39. The minimum Gasteiger partial charge on any atom is -0.495 e. The maximum atomic E-state index is 5.39. The summed E-state index contributed by atoms with van der Waals surface area (Å²) in [5, 5.41) is 3.58. The van der Waals surface area contributed by atoms with Gasteiger partial charge in [0.1, 0.15) is 5.75 Å². The van der Waals surface area contributed by atoms with Gasteiger partial charge in [0.25, 0.3) is 0 Å². The number of benzene rings is 1. The molecule has 1 aromatic heterocycles. The number of aromatic nitrogens is 2. The van der Waals surface area contributed by atoms with Gasteiger partial charge in [-0.1, -0.05) is 12.8 Å². The van der Waals surface area contributed by atoms with Crippen LogP contribution >= 0.6 is 15.9 Å². The summed E-state index contributed by atoms with van der Waals surface area (Å²) in [5.74, 6) is 1.74. The van der Waals surface area contributed by atoms with Gasteiger partial charge in [0, 0.05) is 18.3 Å². The molecular formula is C16H20BrN3O. The Morgan fingerprint density at radius 2 is 2.10 bits per heavy atom. The average Bonchev–Trinajstić information content (AvgIpc) is 3.10. The number of imidazole rings is 1. The molecular weight excluding hydrogens is 330 g/mol. The summed E-state index contributed by atoms with van der Waals surface area (Å²) >= 11 is 3.49. The van der Waals surface area contributed by atoms with Crippen molar-refractivity contribution in [1.82, 2.24) is 9.55 Å². The normalized spacial score (nSPS) is 15.4. The highest BCUT2D eigenvalue weighted by Crippen LogP contribution is 2.29. The van der Waals surface area contributed by atoms with Gasteiger partial charge in [-0.15, -0.1) is 0 Å². The molecule has 5 heteroatoms. The van der Waals surface area contributed by atoms with Gasteiger partial charge in [-0.3, -0.25) is 4.57 Å². The van der Waals surface area contributed by atoms with Crippen LogP contribution in [0.3, 0.4) is 0 Å². The van der Waals surface area contributed by atoms with Crippen LogP contribution in [0.4, 0.5) is 5.95 Å². The van der Waals surface area contributed by atoms with E-state index < -0.39 is 0 Å². The van der Waals surface area contributed by atoms with Crippen molar-refractivity contribution in [2.24, 2.45) is 0 Å². The van der Waals surface area contributed by atoms with E-state index in [1.807, 2.05) is 19.1 Å². The number of nitrogens with one attached hydrogen (secondary N) is 1. The Balaban J connectivity index is 1.93. The number of nitrogens with zero attached hydrogens (tertiary/aromatic N) is 2. The van der Waals surface area contributed by atoms with Gasteiger partial charge in [0.15, 0.2) is 0 Å². The monoisotopic (exact) mass is 349 g/mol. The molecule has 0 aliphatic heterocycles. The summed E-state index contributed by atoms with van der Waals surface area (Å²) < 4.78 is 8.44. The lowest BCUT2D eigenvalue weighted by Gasteiger charge is -2.15. The molecule has 4 nitrogen and oxygen atoms in total. The van der Waals surface area contributed by atoms with Gasteiger partial charge in [0.2, 0.25) is 5.95 Å². The topological polar surface area (TPSA) is 39.1 Å². The molecule has 2 aromatic rings. The largest absolute Gasteiger partial charge is 0.495 e. The molecule has 0 spiro atoms. The molecule has 0 radical (unpaired) electrons. The van der Waals surface area contributed by atoms with Gasteiger partial charge >= 0.3 is 0 Å². The number of anilines is 1. The molecule has 0 bridgehead atoms. The second kappa shape index (κ2) is 6.10. The summed E-state index contributed by atoms with van der Waals surface area (Å²) in [4.78, 5) is 4.63. The van der Waals surface area contributed by atoms with Crippen molar-refractivity contribution in [3.05, 3.63) is 34.6 Å². The van der Waals surface area contributed by atoms with Crippen LogP contribution in [-0.4, -0.2) is 22.7 Å². The molecule has 1 N–H and O–H groups in total. The van der Waals surface area contributed by atoms with E-state index in [-0.39, 0.29) is 0 Å². The molecule has 1 aliphatic rings. The molecule has 1 aliphatic carbocycles. The van der Waals surface area contributed by atoms with Crippen molar-refractivity contribution < 1.29 is 4.74 Å². The lowest BCUT2D eigenvalue weighted by atomic mass is 10.2. The lowest BCUT2D eigenvalue weighted by molar-refractivity contribution is 0.412. The third-order valence-corrected chi connectivity index (χ3v) is 4.58. The quantitative estimate of drug-likeness (QED) is 0.893. The molecule has 0 atom stereocenters. The molecule has 1 heterocycles. The first-order chi connectivity index (χ1) is 10.2. The zero-order valence-electron chi connectivity index (χ0n) is 12.4. The highest BCUT2D eigenvalue weighted by atomic mass is 79.9. The summed E-state index contributed by atoms with van der Waals surface area (Å²) in [6.07, 6.45) is 7.14. The number of ether oxygens (including phenoxy) is 1. The Morgan fingerprint density at radius 3 is 2.81 bits per heavy atom. The zero-order chi connectivity index (χ0) is 14.8. The van der Waals surface area contributed by atoms with Crippen LogP contribution in [0, 0.1) is 6.92 Å². The van der Waals surface area contributed by atoms with Crippen molar-refractivity contribution in [3.8, 4) is 11.4 Å². The van der Waals surface area contributed by atoms with Crippen molar-refractivity contribution >= 4 is 21.9 Å². The molecule has 1 fully saturated rings. The van der Waals surface area contributed by atoms with E-state index >= 15 is 0 Å². The molecule has 0 saturated heterocycles. The first kappa shape index (κ1) is 14.4. The second-order valence-electron chi connectivity index (χ2n) is 5.52. The smallest absolute Gasteiger partial charge is 0.207 e. The molecule has 3 rings (SSSR count). The van der Waals surface area contributed by atoms with E-state index in [1.54, 1.807) is 7.11 Å². The number of rotatable bonds is 4. The van der Waals surface area contributed by atoms with Crippen molar-refractivity contribution in [3.63, 3.8) is 0 Å². The molecule has 112 valence electrons. The molecule has 21 heavy (non-hydrogen) atoms. The minimum absolute atomic E-state index is 0.544. The van der Waals surface area contributed by atoms with Crippen LogP contribution in [0.1, 0.15) is 31.4 Å². The zero-order valence-corrected chi connectivity index (χ0v) is 14.0. The third kappa shape index (κ3) is 3.07. The standard InChI is InChI=1S/C16H20BrN3O/c1-11-10-20(13-7-8-14(17)15(9-13)21-2)16(18-11)19-12-5-3-4-6-12/h7-10,12H,3-6H2,1-2H3,(H,18,19). The summed E-state index contributed by atoms with van der Waals surface area (Å²) in [5.41, 5.74) is 2.06. The summed E-state index contributed by atoms with van der Waals surface area (Å²) in [6.45, 7) is 2.02. The van der Waals surface area contributed by atoms with Crippen molar-refractivity contribution in [2.45, 2.75) is 38.6 Å². The van der Waals surface area contributed by atoms with Crippen LogP contribution in [0.5, 0.6) is 5.75 Å². The van der Waals surface area contributed by atoms with Crippen LogP contribution in [0.2, 0.25) is 0 Å². The SMILES string of the molecule is COc1cc(-n2cc(C)nc2NC2CCCC2)ccc1Br. The Labute approximate surface area is 133 Å². The van der Waals surface area contributed by atoms with Crippen LogP contribution in [0.15, 0.2) is 28.9 Å². The predicted molar refractivity (Wildman–Crippen MR) is 88.4 cm³/mol. The van der Waals surface area contributed by atoms with Gasteiger partial charge in [0.05, 0.1) is 23.0 Å². The molecule has 0 unspecified atom stereocenters. The van der Waals surface area contributed by atoms with Crippen LogP contribution in [0.25, 0.3) is 5.69 Å².